The zero-order valence-electron chi connectivity index (χ0n) is 18.3. The molecule has 0 N–H and O–H groups in total. The Morgan fingerprint density at radius 3 is 2.57 bits per heavy atom. The molecule has 3 aromatic rings. The number of nitrogens with zero attached hydrogens (tertiary/aromatic N) is 5. The minimum absolute atomic E-state index is 0.131. The van der Waals surface area contributed by atoms with Crippen molar-refractivity contribution in [3.63, 3.8) is 0 Å². The van der Waals surface area contributed by atoms with E-state index in [1.165, 1.54) is 0 Å². The molecule has 1 aliphatic rings. The van der Waals surface area contributed by atoms with Crippen LogP contribution in [0.25, 0.3) is 17.0 Å². The maximum atomic E-state index is 12.3. The number of hydrogen-bond acceptors (Lipinski definition) is 6. The molecule has 0 radical (unpaired) electrons. The standard InChI is InChI=1S/C22H29N5O3/c1-14(2)17-7-6-15-10-13-27(18(15)23-17)20-24-19(30-25-20)16-8-11-26(12-9-16)21(28)29-22(3,4)5/h6-7,10,13-14,16H,8-9,11-12H2,1-5H3. The molecule has 1 fully saturated rings. The molecule has 0 saturated carbocycles. The summed E-state index contributed by atoms with van der Waals surface area (Å²) in [6.45, 7) is 11.1. The van der Waals surface area contributed by atoms with Crippen molar-refractivity contribution in [3.8, 4) is 5.95 Å². The van der Waals surface area contributed by atoms with Gasteiger partial charge in [-0.05, 0) is 62.9 Å². The topological polar surface area (TPSA) is 86.3 Å². The Hall–Kier alpha value is -2.90. The number of fused-ring (bicyclic) bond motifs is 1. The van der Waals surface area contributed by atoms with Gasteiger partial charge in [0.15, 0.2) is 0 Å². The van der Waals surface area contributed by atoms with Crippen LogP contribution in [0.1, 0.15) is 70.9 Å². The fourth-order valence-corrected chi connectivity index (χ4v) is 3.63. The van der Waals surface area contributed by atoms with E-state index in [0.29, 0.717) is 30.8 Å². The van der Waals surface area contributed by atoms with Gasteiger partial charge < -0.3 is 14.2 Å². The van der Waals surface area contributed by atoms with Gasteiger partial charge in [-0.3, -0.25) is 4.57 Å². The third-order valence-corrected chi connectivity index (χ3v) is 5.29. The van der Waals surface area contributed by atoms with Gasteiger partial charge >= 0.3 is 6.09 Å². The normalized spacial score (nSPS) is 15.9. The van der Waals surface area contributed by atoms with Crippen LogP contribution in [0.4, 0.5) is 4.79 Å². The summed E-state index contributed by atoms with van der Waals surface area (Å²) in [7, 11) is 0. The van der Waals surface area contributed by atoms with Crippen LogP contribution in [0.2, 0.25) is 0 Å². The maximum absolute atomic E-state index is 12.3. The fourth-order valence-electron chi connectivity index (χ4n) is 3.63. The molecular formula is C22H29N5O3. The molecule has 0 bridgehead atoms. The number of ether oxygens (including phenoxy) is 1. The number of carbonyl (C=O) groups is 1. The van der Waals surface area contributed by atoms with Crippen LogP contribution < -0.4 is 0 Å². The highest BCUT2D eigenvalue weighted by Crippen LogP contribution is 2.29. The minimum atomic E-state index is -0.488. The van der Waals surface area contributed by atoms with Crippen LogP contribution in [0.5, 0.6) is 0 Å². The van der Waals surface area contributed by atoms with E-state index in [2.05, 4.69) is 36.1 Å². The van der Waals surface area contributed by atoms with Gasteiger partial charge in [-0.15, -0.1) is 0 Å². The lowest BCUT2D eigenvalue weighted by atomic mass is 9.97. The Balaban J connectivity index is 1.47. The Kier molecular flexibility index (Phi) is 5.26. The highest BCUT2D eigenvalue weighted by Gasteiger charge is 2.30. The zero-order valence-corrected chi connectivity index (χ0v) is 18.3. The van der Waals surface area contributed by atoms with E-state index in [-0.39, 0.29) is 12.0 Å². The molecule has 160 valence electrons. The maximum Gasteiger partial charge on any atom is 0.410 e. The van der Waals surface area contributed by atoms with Crippen molar-refractivity contribution >= 4 is 17.1 Å². The van der Waals surface area contributed by atoms with Crippen molar-refractivity contribution in [3.05, 3.63) is 36.0 Å². The number of likely N-dealkylation sites (tertiary alicyclic amines) is 1. The first-order valence-corrected chi connectivity index (χ1v) is 10.5. The van der Waals surface area contributed by atoms with Crippen LogP contribution in [-0.2, 0) is 4.74 Å². The van der Waals surface area contributed by atoms with Gasteiger partial charge in [-0.2, -0.15) is 4.98 Å². The van der Waals surface area contributed by atoms with Crippen molar-refractivity contribution in [2.45, 2.75) is 64.9 Å². The van der Waals surface area contributed by atoms with E-state index < -0.39 is 5.60 Å². The van der Waals surface area contributed by atoms with Crippen LogP contribution in [0, 0.1) is 0 Å². The van der Waals surface area contributed by atoms with E-state index >= 15 is 0 Å². The number of hydrogen-bond donors (Lipinski definition) is 0. The molecule has 0 spiro atoms. The molecule has 8 nitrogen and oxygen atoms in total. The quantitative estimate of drug-likeness (QED) is 0.624. The predicted octanol–water partition coefficient (Wildman–Crippen LogP) is 4.65. The van der Waals surface area contributed by atoms with Crippen molar-refractivity contribution in [1.29, 1.82) is 0 Å². The summed E-state index contributed by atoms with van der Waals surface area (Å²) in [5.74, 6) is 1.57. The zero-order chi connectivity index (χ0) is 21.5. The first kappa shape index (κ1) is 20.4. The van der Waals surface area contributed by atoms with Crippen molar-refractivity contribution in [2.24, 2.45) is 0 Å². The van der Waals surface area contributed by atoms with Gasteiger partial charge in [-0.1, -0.05) is 13.8 Å². The largest absolute Gasteiger partial charge is 0.444 e. The summed E-state index contributed by atoms with van der Waals surface area (Å²) in [6, 6.07) is 6.13. The molecule has 1 amide bonds. The Bertz CT molecular complexity index is 1040. The van der Waals surface area contributed by atoms with Crippen molar-refractivity contribution in [1.82, 2.24) is 24.6 Å². The lowest BCUT2D eigenvalue weighted by Crippen LogP contribution is -2.41. The molecule has 4 heterocycles. The second-order valence-corrected chi connectivity index (χ2v) is 9.16. The van der Waals surface area contributed by atoms with Gasteiger partial charge in [0.1, 0.15) is 11.2 Å². The average molecular weight is 412 g/mol. The van der Waals surface area contributed by atoms with E-state index in [4.69, 9.17) is 14.2 Å². The van der Waals surface area contributed by atoms with E-state index in [0.717, 1.165) is 29.6 Å². The van der Waals surface area contributed by atoms with Gasteiger partial charge in [0, 0.05) is 36.3 Å². The Morgan fingerprint density at radius 2 is 1.90 bits per heavy atom. The molecule has 30 heavy (non-hydrogen) atoms. The van der Waals surface area contributed by atoms with Gasteiger partial charge in [0.25, 0.3) is 5.95 Å². The van der Waals surface area contributed by atoms with Gasteiger partial charge in [0.05, 0.1) is 0 Å². The van der Waals surface area contributed by atoms with Gasteiger partial charge in [-0.25, -0.2) is 9.78 Å². The van der Waals surface area contributed by atoms with E-state index in [9.17, 15) is 4.79 Å². The number of piperidine rings is 1. The van der Waals surface area contributed by atoms with Crippen LogP contribution in [-0.4, -0.2) is 49.4 Å². The van der Waals surface area contributed by atoms with Crippen molar-refractivity contribution in [2.75, 3.05) is 13.1 Å². The minimum Gasteiger partial charge on any atom is -0.444 e. The summed E-state index contributed by atoms with van der Waals surface area (Å²) in [5.41, 5.74) is 1.37. The lowest BCUT2D eigenvalue weighted by Gasteiger charge is -2.32. The number of aromatic nitrogens is 4. The third-order valence-electron chi connectivity index (χ3n) is 5.29. The smallest absolute Gasteiger partial charge is 0.410 e. The van der Waals surface area contributed by atoms with Crippen LogP contribution in [0.3, 0.4) is 0 Å². The highest BCUT2D eigenvalue weighted by molar-refractivity contribution is 5.77. The number of rotatable bonds is 3. The molecule has 3 aromatic heterocycles. The first-order chi connectivity index (χ1) is 14.2. The van der Waals surface area contributed by atoms with Crippen LogP contribution in [0.15, 0.2) is 28.9 Å². The molecule has 0 unspecified atom stereocenters. The second-order valence-electron chi connectivity index (χ2n) is 9.16. The molecule has 0 atom stereocenters. The van der Waals surface area contributed by atoms with Crippen LogP contribution >= 0.6 is 0 Å². The van der Waals surface area contributed by atoms with E-state index in [1.54, 1.807) is 4.90 Å². The molecule has 8 heteroatoms. The second kappa shape index (κ2) is 7.74. The van der Waals surface area contributed by atoms with Gasteiger partial charge in [0.2, 0.25) is 5.89 Å². The molecule has 4 rings (SSSR count). The van der Waals surface area contributed by atoms with E-state index in [1.807, 2.05) is 37.6 Å². The van der Waals surface area contributed by atoms with Crippen molar-refractivity contribution < 1.29 is 14.1 Å². The average Bonchev–Trinajstić information content (AvgIpc) is 3.33. The third kappa shape index (κ3) is 4.17. The summed E-state index contributed by atoms with van der Waals surface area (Å²) in [4.78, 5) is 23.4. The number of carbonyl (C=O) groups excluding carboxylic acids is 1. The number of pyridine rings is 1. The first-order valence-electron chi connectivity index (χ1n) is 10.5. The fraction of sp³-hybridized carbons (Fsp3) is 0.545. The molecular weight excluding hydrogens is 382 g/mol. The lowest BCUT2D eigenvalue weighted by molar-refractivity contribution is 0.0198. The SMILES string of the molecule is CC(C)c1ccc2ccn(-c3noc(C4CCN(C(=O)OC(C)(C)C)CC4)n3)c2n1. The number of amides is 1. The molecule has 0 aromatic carbocycles. The molecule has 1 saturated heterocycles. The molecule has 0 aliphatic carbocycles. The predicted molar refractivity (Wildman–Crippen MR) is 113 cm³/mol. The molecule has 1 aliphatic heterocycles. The summed E-state index contributed by atoms with van der Waals surface area (Å²) in [6.07, 6.45) is 3.19. The monoisotopic (exact) mass is 411 g/mol. The Labute approximate surface area is 176 Å². The summed E-state index contributed by atoms with van der Waals surface area (Å²) >= 11 is 0. The Morgan fingerprint density at radius 1 is 1.17 bits per heavy atom. The highest BCUT2D eigenvalue weighted by atomic mass is 16.6. The summed E-state index contributed by atoms with van der Waals surface area (Å²) in [5, 5.41) is 5.23. The summed E-state index contributed by atoms with van der Waals surface area (Å²) < 4.78 is 12.9.